The zero-order valence-corrected chi connectivity index (χ0v) is 8.40. The first-order valence-electron chi connectivity index (χ1n) is 4.89. The normalized spacial score (nSPS) is 35.2. The predicted octanol–water partition coefficient (Wildman–Crippen LogP) is 3.83. The van der Waals surface area contributed by atoms with E-state index < -0.39 is 0 Å². The van der Waals surface area contributed by atoms with Gasteiger partial charge in [0.1, 0.15) is 0 Å². The SMILES string of the molecule is CCC1CCCCC1C(C)Cl. The van der Waals surface area contributed by atoms with Gasteiger partial charge in [-0.2, -0.15) is 0 Å². The highest BCUT2D eigenvalue weighted by molar-refractivity contribution is 6.20. The van der Waals surface area contributed by atoms with Gasteiger partial charge in [-0.1, -0.05) is 32.6 Å². The van der Waals surface area contributed by atoms with E-state index in [1.54, 1.807) is 0 Å². The molecule has 0 N–H and O–H groups in total. The number of hydrogen-bond donors (Lipinski definition) is 0. The second kappa shape index (κ2) is 4.35. The van der Waals surface area contributed by atoms with Gasteiger partial charge in [-0.25, -0.2) is 0 Å². The molecular weight excluding hydrogens is 156 g/mol. The van der Waals surface area contributed by atoms with E-state index in [2.05, 4.69) is 13.8 Å². The molecule has 1 heteroatoms. The van der Waals surface area contributed by atoms with Crippen molar-refractivity contribution in [3.63, 3.8) is 0 Å². The molecule has 0 saturated heterocycles. The molecule has 3 unspecified atom stereocenters. The molecule has 0 aromatic rings. The van der Waals surface area contributed by atoms with Crippen LogP contribution in [0.15, 0.2) is 0 Å². The van der Waals surface area contributed by atoms with E-state index >= 15 is 0 Å². The molecule has 0 nitrogen and oxygen atoms in total. The minimum Gasteiger partial charge on any atom is -0.123 e. The Morgan fingerprint density at radius 2 is 2.00 bits per heavy atom. The van der Waals surface area contributed by atoms with Gasteiger partial charge < -0.3 is 0 Å². The monoisotopic (exact) mass is 174 g/mol. The molecule has 0 spiro atoms. The lowest BCUT2D eigenvalue weighted by Gasteiger charge is -2.32. The standard InChI is InChI=1S/C10H19Cl/c1-3-9-6-4-5-7-10(9)8(2)11/h8-10H,3-7H2,1-2H3. The smallest absolute Gasteiger partial charge is 0.0338 e. The molecule has 66 valence electrons. The van der Waals surface area contributed by atoms with E-state index in [1.807, 2.05) is 0 Å². The van der Waals surface area contributed by atoms with Gasteiger partial charge >= 0.3 is 0 Å². The molecule has 0 aromatic heterocycles. The van der Waals surface area contributed by atoms with Crippen LogP contribution in [0.5, 0.6) is 0 Å². The molecule has 11 heavy (non-hydrogen) atoms. The van der Waals surface area contributed by atoms with Crippen LogP contribution in [0.4, 0.5) is 0 Å². The Bertz CT molecular complexity index is 109. The van der Waals surface area contributed by atoms with Gasteiger partial charge in [0.15, 0.2) is 0 Å². The van der Waals surface area contributed by atoms with Gasteiger partial charge in [-0.05, 0) is 25.2 Å². The summed E-state index contributed by atoms with van der Waals surface area (Å²) in [6.07, 6.45) is 6.93. The summed E-state index contributed by atoms with van der Waals surface area (Å²) < 4.78 is 0. The van der Waals surface area contributed by atoms with Crippen molar-refractivity contribution in [1.29, 1.82) is 0 Å². The van der Waals surface area contributed by atoms with Crippen molar-refractivity contribution < 1.29 is 0 Å². The van der Waals surface area contributed by atoms with Gasteiger partial charge in [0, 0.05) is 5.38 Å². The second-order valence-corrected chi connectivity index (χ2v) is 4.48. The van der Waals surface area contributed by atoms with Gasteiger partial charge in [-0.3, -0.25) is 0 Å². The van der Waals surface area contributed by atoms with Crippen LogP contribution < -0.4 is 0 Å². The average molecular weight is 175 g/mol. The van der Waals surface area contributed by atoms with Crippen molar-refractivity contribution in [3.05, 3.63) is 0 Å². The van der Waals surface area contributed by atoms with Crippen LogP contribution >= 0.6 is 11.6 Å². The third-order valence-corrected chi connectivity index (χ3v) is 3.41. The van der Waals surface area contributed by atoms with Crippen LogP contribution in [0, 0.1) is 11.8 Å². The van der Waals surface area contributed by atoms with Crippen molar-refractivity contribution in [1.82, 2.24) is 0 Å². The van der Waals surface area contributed by atoms with Crippen LogP contribution in [0.25, 0.3) is 0 Å². The minimum atomic E-state index is 0.389. The number of alkyl halides is 1. The number of hydrogen-bond acceptors (Lipinski definition) is 0. The fourth-order valence-electron chi connectivity index (χ4n) is 2.35. The summed E-state index contributed by atoms with van der Waals surface area (Å²) >= 11 is 6.13. The molecule has 0 aliphatic heterocycles. The van der Waals surface area contributed by atoms with Crippen molar-refractivity contribution in [2.24, 2.45) is 11.8 Å². The number of rotatable bonds is 2. The quantitative estimate of drug-likeness (QED) is 0.559. The van der Waals surface area contributed by atoms with Gasteiger partial charge in [0.2, 0.25) is 0 Å². The number of halogens is 1. The lowest BCUT2D eigenvalue weighted by atomic mass is 9.76. The lowest BCUT2D eigenvalue weighted by molar-refractivity contribution is 0.228. The molecule has 0 bridgehead atoms. The second-order valence-electron chi connectivity index (χ2n) is 3.79. The highest BCUT2D eigenvalue weighted by Gasteiger charge is 2.26. The van der Waals surface area contributed by atoms with E-state index in [0.717, 1.165) is 11.8 Å². The summed E-state index contributed by atoms with van der Waals surface area (Å²) in [5.41, 5.74) is 0. The highest BCUT2D eigenvalue weighted by atomic mass is 35.5. The highest BCUT2D eigenvalue weighted by Crippen LogP contribution is 2.35. The summed E-state index contributed by atoms with van der Waals surface area (Å²) in [5.74, 6) is 1.71. The zero-order chi connectivity index (χ0) is 8.27. The van der Waals surface area contributed by atoms with Crippen LogP contribution in [0.1, 0.15) is 46.0 Å². The van der Waals surface area contributed by atoms with Crippen molar-refractivity contribution in [3.8, 4) is 0 Å². The molecule has 1 rings (SSSR count). The Kier molecular flexibility index (Phi) is 3.71. The molecule has 0 heterocycles. The molecule has 1 saturated carbocycles. The maximum atomic E-state index is 6.13. The summed E-state index contributed by atoms with van der Waals surface area (Å²) in [7, 11) is 0. The Labute approximate surface area is 75.3 Å². The Balaban J connectivity index is 2.44. The third kappa shape index (κ3) is 2.37. The Hall–Kier alpha value is 0.290. The lowest BCUT2D eigenvalue weighted by Crippen LogP contribution is -2.25. The first kappa shape index (κ1) is 9.38. The van der Waals surface area contributed by atoms with Gasteiger partial charge in [-0.15, -0.1) is 11.6 Å². The van der Waals surface area contributed by atoms with E-state index in [0.29, 0.717) is 5.38 Å². The first-order chi connectivity index (χ1) is 5.25. The topological polar surface area (TPSA) is 0 Å². The van der Waals surface area contributed by atoms with E-state index in [4.69, 9.17) is 11.6 Å². The molecule has 1 aliphatic rings. The van der Waals surface area contributed by atoms with Crippen LogP contribution in [0.2, 0.25) is 0 Å². The van der Waals surface area contributed by atoms with Crippen molar-refractivity contribution in [2.45, 2.75) is 51.3 Å². The summed E-state index contributed by atoms with van der Waals surface area (Å²) in [4.78, 5) is 0. The molecule has 1 aliphatic carbocycles. The summed E-state index contributed by atoms with van der Waals surface area (Å²) in [6.45, 7) is 4.45. The summed E-state index contributed by atoms with van der Waals surface area (Å²) in [6, 6.07) is 0. The fraction of sp³-hybridized carbons (Fsp3) is 1.00. The maximum absolute atomic E-state index is 6.13. The van der Waals surface area contributed by atoms with Crippen molar-refractivity contribution >= 4 is 11.6 Å². The van der Waals surface area contributed by atoms with E-state index in [-0.39, 0.29) is 0 Å². The molecule has 0 radical (unpaired) electrons. The Morgan fingerprint density at radius 3 is 2.45 bits per heavy atom. The van der Waals surface area contributed by atoms with Gasteiger partial charge in [0.05, 0.1) is 0 Å². The largest absolute Gasteiger partial charge is 0.123 e. The molecule has 0 amide bonds. The van der Waals surface area contributed by atoms with Crippen LogP contribution in [-0.4, -0.2) is 5.38 Å². The molecular formula is C10H19Cl. The van der Waals surface area contributed by atoms with E-state index in [1.165, 1.54) is 32.1 Å². The third-order valence-electron chi connectivity index (χ3n) is 3.08. The molecule has 1 fully saturated rings. The van der Waals surface area contributed by atoms with Crippen LogP contribution in [0.3, 0.4) is 0 Å². The first-order valence-corrected chi connectivity index (χ1v) is 5.33. The molecule has 0 aromatic carbocycles. The van der Waals surface area contributed by atoms with Gasteiger partial charge in [0.25, 0.3) is 0 Å². The fourth-order valence-corrected chi connectivity index (χ4v) is 2.68. The molecule has 3 atom stereocenters. The van der Waals surface area contributed by atoms with E-state index in [9.17, 15) is 0 Å². The Morgan fingerprint density at radius 1 is 1.36 bits per heavy atom. The minimum absolute atomic E-state index is 0.389. The zero-order valence-electron chi connectivity index (χ0n) is 7.65. The average Bonchev–Trinajstić information content (AvgIpc) is 2.04. The van der Waals surface area contributed by atoms with Crippen LogP contribution in [-0.2, 0) is 0 Å². The van der Waals surface area contributed by atoms with Crippen molar-refractivity contribution in [2.75, 3.05) is 0 Å². The maximum Gasteiger partial charge on any atom is 0.0338 e. The predicted molar refractivity (Wildman–Crippen MR) is 51.1 cm³/mol. The summed E-state index contributed by atoms with van der Waals surface area (Å²) in [5, 5.41) is 0.389.